The average Bonchev–Trinajstić information content (AvgIpc) is 2.62. The first-order valence-corrected chi connectivity index (χ1v) is 6.89. The fraction of sp³-hybridized carbons (Fsp3) is 0.923. The minimum absolute atomic E-state index is 0.0101. The van der Waals surface area contributed by atoms with E-state index >= 15 is 0 Å². The van der Waals surface area contributed by atoms with Crippen molar-refractivity contribution in [3.05, 3.63) is 0 Å². The maximum absolute atomic E-state index is 11.9. The summed E-state index contributed by atoms with van der Waals surface area (Å²) in [5.74, 6) is 0.526. The topological polar surface area (TPSA) is 61.4 Å². The van der Waals surface area contributed by atoms with Crippen LogP contribution in [0.1, 0.15) is 45.4 Å². The Kier molecular flexibility index (Phi) is 7.21. The van der Waals surface area contributed by atoms with Crippen LogP contribution in [0.5, 0.6) is 0 Å². The van der Waals surface area contributed by atoms with Gasteiger partial charge in [0.05, 0.1) is 6.04 Å². The van der Waals surface area contributed by atoms with Gasteiger partial charge >= 0.3 is 0 Å². The Morgan fingerprint density at radius 2 is 2.29 bits per heavy atom. The van der Waals surface area contributed by atoms with Crippen molar-refractivity contribution in [2.45, 2.75) is 51.5 Å². The fourth-order valence-corrected chi connectivity index (χ4v) is 2.25. The van der Waals surface area contributed by atoms with E-state index in [2.05, 4.69) is 17.6 Å². The summed E-state index contributed by atoms with van der Waals surface area (Å²) in [6, 6.07) is -0.0101. The van der Waals surface area contributed by atoms with Crippen LogP contribution in [-0.2, 0) is 4.79 Å². The third-order valence-corrected chi connectivity index (χ3v) is 3.56. The second-order valence-electron chi connectivity index (χ2n) is 4.89. The highest BCUT2D eigenvalue weighted by Crippen LogP contribution is 2.09. The summed E-state index contributed by atoms with van der Waals surface area (Å²) in [4.78, 5) is 11.9. The minimum atomic E-state index is -0.0101. The van der Waals surface area contributed by atoms with Gasteiger partial charge in [0, 0.05) is 13.2 Å². The van der Waals surface area contributed by atoms with E-state index < -0.39 is 0 Å². The van der Waals surface area contributed by atoms with Crippen LogP contribution >= 0.6 is 0 Å². The Hall–Kier alpha value is -0.610. The van der Waals surface area contributed by atoms with Crippen molar-refractivity contribution in [1.82, 2.24) is 10.6 Å². The van der Waals surface area contributed by atoms with Crippen LogP contribution in [0.3, 0.4) is 0 Å². The normalized spacial score (nSPS) is 22.8. The van der Waals surface area contributed by atoms with Gasteiger partial charge in [0.1, 0.15) is 0 Å². The predicted molar refractivity (Wildman–Crippen MR) is 68.8 cm³/mol. The van der Waals surface area contributed by atoms with Gasteiger partial charge in [-0.2, -0.15) is 0 Å². The molecule has 0 aromatic rings. The largest absolute Gasteiger partial charge is 0.396 e. The van der Waals surface area contributed by atoms with E-state index in [0.717, 1.165) is 32.2 Å². The highest BCUT2D eigenvalue weighted by molar-refractivity contribution is 5.81. The number of carbonyl (C=O) groups excluding carboxylic acids is 1. The summed E-state index contributed by atoms with van der Waals surface area (Å²) in [5, 5.41) is 15.2. The van der Waals surface area contributed by atoms with Crippen LogP contribution in [0.2, 0.25) is 0 Å². The standard InChI is InChI=1S/C13H26N2O2/c1-2-11(7-9-16)10-15-13(17)12-6-4-3-5-8-14-12/h11-12,14,16H,2-10H2,1H3,(H,15,17). The highest BCUT2D eigenvalue weighted by atomic mass is 16.3. The first-order chi connectivity index (χ1) is 8.27. The lowest BCUT2D eigenvalue weighted by molar-refractivity contribution is -0.123. The molecule has 3 N–H and O–H groups in total. The van der Waals surface area contributed by atoms with Gasteiger partial charge in [0.15, 0.2) is 0 Å². The monoisotopic (exact) mass is 242 g/mol. The van der Waals surface area contributed by atoms with E-state index in [1.165, 1.54) is 12.8 Å². The van der Waals surface area contributed by atoms with Gasteiger partial charge in [-0.3, -0.25) is 4.79 Å². The Bertz CT molecular complexity index is 213. The molecule has 0 saturated carbocycles. The molecule has 0 aliphatic carbocycles. The Morgan fingerprint density at radius 1 is 1.47 bits per heavy atom. The predicted octanol–water partition coefficient (Wildman–Crippen LogP) is 1.04. The molecule has 0 spiro atoms. The number of carbonyl (C=O) groups is 1. The minimum Gasteiger partial charge on any atom is -0.396 e. The van der Waals surface area contributed by atoms with Crippen LogP contribution < -0.4 is 10.6 Å². The molecule has 0 radical (unpaired) electrons. The number of rotatable bonds is 6. The number of aliphatic hydroxyl groups is 1. The SMILES string of the molecule is CCC(CCO)CNC(=O)C1CCCCCN1. The summed E-state index contributed by atoms with van der Waals surface area (Å²) < 4.78 is 0. The summed E-state index contributed by atoms with van der Waals surface area (Å²) in [5.41, 5.74) is 0. The Morgan fingerprint density at radius 3 is 3.00 bits per heavy atom. The van der Waals surface area contributed by atoms with E-state index in [-0.39, 0.29) is 18.6 Å². The van der Waals surface area contributed by atoms with Crippen molar-refractivity contribution in [3.63, 3.8) is 0 Å². The molecule has 4 heteroatoms. The van der Waals surface area contributed by atoms with E-state index in [1.807, 2.05) is 0 Å². The molecule has 0 bridgehead atoms. The molecule has 1 fully saturated rings. The summed E-state index contributed by atoms with van der Waals surface area (Å²) in [6.07, 6.45) is 6.25. The summed E-state index contributed by atoms with van der Waals surface area (Å²) in [7, 11) is 0. The zero-order valence-electron chi connectivity index (χ0n) is 10.9. The second kappa shape index (κ2) is 8.48. The molecule has 1 aliphatic heterocycles. The fourth-order valence-electron chi connectivity index (χ4n) is 2.25. The molecular weight excluding hydrogens is 216 g/mol. The van der Waals surface area contributed by atoms with E-state index in [1.54, 1.807) is 0 Å². The molecule has 4 nitrogen and oxygen atoms in total. The maximum Gasteiger partial charge on any atom is 0.237 e. The first-order valence-electron chi connectivity index (χ1n) is 6.89. The molecule has 1 amide bonds. The quantitative estimate of drug-likeness (QED) is 0.652. The van der Waals surface area contributed by atoms with Gasteiger partial charge in [0.2, 0.25) is 5.91 Å². The molecule has 1 rings (SSSR count). The zero-order valence-corrected chi connectivity index (χ0v) is 10.9. The molecule has 0 aromatic carbocycles. The van der Waals surface area contributed by atoms with Gasteiger partial charge in [0.25, 0.3) is 0 Å². The lowest BCUT2D eigenvalue weighted by Crippen LogP contribution is -2.45. The molecule has 2 unspecified atom stereocenters. The lowest BCUT2D eigenvalue weighted by Gasteiger charge is -2.19. The van der Waals surface area contributed by atoms with Crippen LogP contribution in [0.4, 0.5) is 0 Å². The van der Waals surface area contributed by atoms with Gasteiger partial charge in [-0.05, 0) is 31.7 Å². The molecule has 1 saturated heterocycles. The Labute approximate surface area is 104 Å². The van der Waals surface area contributed by atoms with Crippen molar-refractivity contribution in [2.75, 3.05) is 19.7 Å². The average molecular weight is 242 g/mol. The van der Waals surface area contributed by atoms with Gasteiger partial charge in [-0.25, -0.2) is 0 Å². The smallest absolute Gasteiger partial charge is 0.237 e. The number of hydrogen-bond donors (Lipinski definition) is 3. The molecule has 100 valence electrons. The molecule has 1 heterocycles. The van der Waals surface area contributed by atoms with Crippen LogP contribution in [0.25, 0.3) is 0 Å². The van der Waals surface area contributed by atoms with Crippen molar-refractivity contribution in [1.29, 1.82) is 0 Å². The molecular formula is C13H26N2O2. The molecule has 0 aromatic heterocycles. The number of nitrogens with one attached hydrogen (secondary N) is 2. The number of hydrogen-bond acceptors (Lipinski definition) is 3. The molecule has 1 aliphatic rings. The first kappa shape index (κ1) is 14.5. The van der Waals surface area contributed by atoms with Gasteiger partial charge in [-0.15, -0.1) is 0 Å². The number of amides is 1. The third kappa shape index (κ3) is 5.50. The number of aliphatic hydroxyl groups excluding tert-OH is 1. The van der Waals surface area contributed by atoms with Crippen molar-refractivity contribution < 1.29 is 9.90 Å². The molecule has 2 atom stereocenters. The maximum atomic E-state index is 11.9. The van der Waals surface area contributed by atoms with Gasteiger partial charge in [-0.1, -0.05) is 26.2 Å². The second-order valence-corrected chi connectivity index (χ2v) is 4.89. The van der Waals surface area contributed by atoms with Gasteiger partial charge < -0.3 is 15.7 Å². The van der Waals surface area contributed by atoms with E-state index in [4.69, 9.17) is 5.11 Å². The Balaban J connectivity index is 2.26. The van der Waals surface area contributed by atoms with Crippen LogP contribution in [0, 0.1) is 5.92 Å². The van der Waals surface area contributed by atoms with Crippen molar-refractivity contribution in [3.8, 4) is 0 Å². The third-order valence-electron chi connectivity index (χ3n) is 3.56. The van der Waals surface area contributed by atoms with Crippen LogP contribution in [0.15, 0.2) is 0 Å². The summed E-state index contributed by atoms with van der Waals surface area (Å²) in [6.45, 7) is 3.94. The van der Waals surface area contributed by atoms with E-state index in [9.17, 15) is 4.79 Å². The van der Waals surface area contributed by atoms with E-state index in [0.29, 0.717) is 12.5 Å². The zero-order chi connectivity index (χ0) is 12.5. The van der Waals surface area contributed by atoms with Crippen molar-refractivity contribution in [2.24, 2.45) is 5.92 Å². The lowest BCUT2D eigenvalue weighted by atomic mass is 10.0. The van der Waals surface area contributed by atoms with Crippen LogP contribution in [-0.4, -0.2) is 36.8 Å². The highest BCUT2D eigenvalue weighted by Gasteiger charge is 2.19. The van der Waals surface area contributed by atoms with Crippen molar-refractivity contribution >= 4 is 5.91 Å². The summed E-state index contributed by atoms with van der Waals surface area (Å²) >= 11 is 0. The molecule has 17 heavy (non-hydrogen) atoms.